The lowest BCUT2D eigenvalue weighted by Gasteiger charge is -2.43. The van der Waals surface area contributed by atoms with Crippen LogP contribution in [0, 0.1) is 17.3 Å². The summed E-state index contributed by atoms with van der Waals surface area (Å²) in [4.78, 5) is 5.28. The zero-order valence-corrected chi connectivity index (χ0v) is 56.9. The molecule has 0 aromatic heterocycles. The van der Waals surface area contributed by atoms with Gasteiger partial charge in [0.1, 0.15) is 0 Å². The molecule has 1 N–H and O–H groups in total. The second kappa shape index (κ2) is 24.9. The van der Waals surface area contributed by atoms with Crippen LogP contribution in [0.3, 0.4) is 0 Å². The van der Waals surface area contributed by atoms with E-state index in [4.69, 9.17) is 0 Å². The van der Waals surface area contributed by atoms with Crippen LogP contribution in [0.25, 0.3) is 22.4 Å². The predicted octanol–water partition coefficient (Wildman–Crippen LogP) is 21.9. The van der Waals surface area contributed by atoms with Crippen molar-refractivity contribution in [3.63, 3.8) is 0 Å². The molecule has 0 heterocycles. The van der Waals surface area contributed by atoms with Crippen molar-refractivity contribution in [3.8, 4) is 11.1 Å². The molecule has 6 aromatic rings. The molecule has 0 bridgehead atoms. The van der Waals surface area contributed by atoms with Crippen LogP contribution < -0.4 is 20.6 Å². The summed E-state index contributed by atoms with van der Waals surface area (Å²) in [7, 11) is 2.96. The Morgan fingerprint density at radius 1 is 0.625 bits per heavy atom. The number of fused-ring (bicyclic) bond motifs is 3. The molecule has 0 saturated heterocycles. The maximum Gasteiger partial charge on any atom is 0.192 e. The van der Waals surface area contributed by atoms with Crippen molar-refractivity contribution in [2.24, 2.45) is 17.3 Å². The molecule has 6 aromatic carbocycles. The first-order valence-electron chi connectivity index (χ1n) is 33.1. The second-order valence-corrected chi connectivity index (χ2v) is 30.6. The maximum absolute atomic E-state index is 4.18. The van der Waals surface area contributed by atoms with Gasteiger partial charge in [-0.05, 0) is 199 Å². The first-order valence-corrected chi connectivity index (χ1v) is 33.1. The molecule has 88 heavy (non-hydrogen) atoms. The van der Waals surface area contributed by atoms with Crippen LogP contribution in [0.5, 0.6) is 0 Å². The van der Waals surface area contributed by atoms with Crippen LogP contribution >= 0.6 is 0 Å². The summed E-state index contributed by atoms with van der Waals surface area (Å²) in [6.07, 6.45) is 23.2. The van der Waals surface area contributed by atoms with Crippen LogP contribution in [0.4, 0.5) is 22.7 Å². The lowest BCUT2D eigenvalue weighted by Crippen LogP contribution is -2.38. The van der Waals surface area contributed by atoms with Crippen molar-refractivity contribution in [1.82, 2.24) is 5.32 Å². The van der Waals surface area contributed by atoms with Crippen LogP contribution in [-0.4, -0.2) is 14.3 Å². The van der Waals surface area contributed by atoms with Crippen LogP contribution in [-0.2, 0) is 28.1 Å². The number of hydrogen-bond acceptors (Lipinski definition) is 3. The van der Waals surface area contributed by atoms with E-state index in [-0.39, 0.29) is 33.0 Å². The lowest BCUT2D eigenvalue weighted by molar-refractivity contribution is 0.314. The van der Waals surface area contributed by atoms with Gasteiger partial charge < -0.3 is 15.1 Å². The highest BCUT2D eigenvalue weighted by Gasteiger charge is 2.42. The summed E-state index contributed by atoms with van der Waals surface area (Å²) in [5.74, 6) is 1.11. The van der Waals surface area contributed by atoms with Gasteiger partial charge in [-0.2, -0.15) is 0 Å². The maximum atomic E-state index is 4.18. The lowest BCUT2D eigenvalue weighted by atomic mass is 9.57. The third-order valence-corrected chi connectivity index (χ3v) is 20.6. The molecule has 456 valence electrons. The third kappa shape index (κ3) is 12.8. The number of rotatable bonds is 19. The monoisotopic (exact) mass is 1160 g/mol. The van der Waals surface area contributed by atoms with Crippen molar-refractivity contribution in [3.05, 3.63) is 256 Å². The highest BCUT2D eigenvalue weighted by molar-refractivity contribution is 6.64. The van der Waals surface area contributed by atoms with Crippen molar-refractivity contribution in [2.45, 2.75) is 183 Å². The van der Waals surface area contributed by atoms with Crippen molar-refractivity contribution < 1.29 is 0 Å². The van der Waals surface area contributed by atoms with Gasteiger partial charge in [-0.1, -0.05) is 250 Å². The van der Waals surface area contributed by atoms with Gasteiger partial charge >= 0.3 is 0 Å². The standard InChI is InChI=1S/C84H102BN3/c1-20-29-58(21-2)59-36-39-65(40-37-59)87(64-34-26-23-27-35-64)66-50-68(62(33-28-30-55(3)4)46-57(7)80(8,9)10)77(51-66)88(76-41-38-61(56(5)6)47-67(76)60-31-24-22-25-32-60)78-54-73-72(83(15,16)44-45-84(73,17)18)53-74(78)85-75-49-63-48-70-71(52-69(63)79(75)86-19)82(13,14)43-42-81(70,11)12/h20-29,31-41,46-48,51-57,85-86H,1-2,30,42-45,49-50H2,3-19H3/b33-28-,58-29+,62-46+. The summed E-state index contributed by atoms with van der Waals surface area (Å²) in [5.41, 5.74) is 28.7. The Kier molecular flexibility index (Phi) is 18.1. The minimum Gasteiger partial charge on any atom is -0.388 e. The number of hydrogen-bond donors (Lipinski definition) is 1. The molecular formula is C84H102BN3. The van der Waals surface area contributed by atoms with Gasteiger partial charge in [0.2, 0.25) is 0 Å². The van der Waals surface area contributed by atoms with Crippen LogP contribution in [0.15, 0.2) is 211 Å². The zero-order valence-electron chi connectivity index (χ0n) is 56.9. The molecule has 1 unspecified atom stereocenters. The quantitative estimate of drug-likeness (QED) is 0.0644. The van der Waals surface area contributed by atoms with E-state index in [0.717, 1.165) is 55.5 Å². The van der Waals surface area contributed by atoms with Crippen molar-refractivity contribution in [2.75, 3.05) is 16.8 Å². The fraction of sp³-hybridized carbons (Fsp3) is 0.381. The van der Waals surface area contributed by atoms with Gasteiger partial charge in [-0.3, -0.25) is 0 Å². The van der Waals surface area contributed by atoms with Crippen LogP contribution in [0.2, 0.25) is 0 Å². The average Bonchev–Trinajstić information content (AvgIpc) is 1.20. The molecule has 0 fully saturated rings. The van der Waals surface area contributed by atoms with E-state index in [0.29, 0.717) is 18.3 Å². The topological polar surface area (TPSA) is 18.5 Å². The van der Waals surface area contributed by atoms with Gasteiger partial charge in [0, 0.05) is 53.1 Å². The molecule has 4 heteroatoms. The Morgan fingerprint density at radius 3 is 1.77 bits per heavy atom. The summed E-state index contributed by atoms with van der Waals surface area (Å²) < 4.78 is 0. The Hall–Kier alpha value is -7.30. The molecule has 0 saturated carbocycles. The Bertz CT molecular complexity index is 3800. The van der Waals surface area contributed by atoms with E-state index in [1.807, 2.05) is 18.2 Å². The Morgan fingerprint density at radius 2 is 1.20 bits per heavy atom. The summed E-state index contributed by atoms with van der Waals surface area (Å²) in [5, 5.41) is 3.88. The number of nitrogens with one attached hydrogen (secondary N) is 1. The van der Waals surface area contributed by atoms with E-state index in [1.165, 1.54) is 113 Å². The van der Waals surface area contributed by atoms with Crippen molar-refractivity contribution >= 4 is 46.8 Å². The summed E-state index contributed by atoms with van der Waals surface area (Å²) in [6.45, 7) is 47.0. The van der Waals surface area contributed by atoms with E-state index in [9.17, 15) is 0 Å². The average molecular weight is 1160 g/mol. The highest BCUT2D eigenvalue weighted by atomic mass is 15.2. The molecule has 0 radical (unpaired) electrons. The molecule has 4 aliphatic carbocycles. The van der Waals surface area contributed by atoms with Gasteiger partial charge in [0.25, 0.3) is 0 Å². The normalized spacial score (nSPS) is 18.1. The molecule has 10 rings (SSSR count). The highest BCUT2D eigenvalue weighted by Crippen LogP contribution is 2.53. The molecule has 0 spiro atoms. The van der Waals surface area contributed by atoms with Gasteiger partial charge in [-0.25, -0.2) is 0 Å². The van der Waals surface area contributed by atoms with Gasteiger partial charge in [-0.15, -0.1) is 0 Å². The minimum absolute atomic E-state index is 0.0170. The SMILES string of the molecule is C=C/C=C(\C=C)c1ccc(N(C2=CC(N(c3cc4c(cc3BC3=C(NC)c5cc6c(cc5C3)C(C)(C)CCC6(C)C)C(C)(C)CCC4(C)C)c3ccc(C(C)C)cc3-c3ccccc3)=C(C(/C=C\CC(C)C)=C/C(C)C(C)(C)C)C2)c2ccccc2)cc1. The van der Waals surface area contributed by atoms with Crippen molar-refractivity contribution in [1.29, 1.82) is 0 Å². The van der Waals surface area contributed by atoms with Gasteiger partial charge in [0.05, 0.1) is 11.4 Å². The zero-order chi connectivity index (χ0) is 63.3. The van der Waals surface area contributed by atoms with Crippen LogP contribution in [0.1, 0.15) is 200 Å². The number of nitrogens with zero attached hydrogens (tertiary/aromatic N) is 2. The van der Waals surface area contributed by atoms with E-state index < -0.39 is 0 Å². The fourth-order valence-corrected chi connectivity index (χ4v) is 14.3. The molecule has 3 nitrogen and oxygen atoms in total. The Balaban J connectivity index is 1.33. The molecule has 1 atom stereocenters. The molecule has 4 aliphatic rings. The fourth-order valence-electron chi connectivity index (χ4n) is 14.3. The van der Waals surface area contributed by atoms with E-state index in [1.54, 1.807) is 0 Å². The molecule has 0 aliphatic heterocycles. The predicted molar refractivity (Wildman–Crippen MR) is 386 cm³/mol. The summed E-state index contributed by atoms with van der Waals surface area (Å²) in [6, 6.07) is 49.3. The number of para-hydroxylation sites is 1. The molecule has 0 amide bonds. The first-order chi connectivity index (χ1) is 41.7. The third-order valence-electron chi connectivity index (χ3n) is 20.6. The first kappa shape index (κ1) is 63.7. The van der Waals surface area contributed by atoms with Gasteiger partial charge in [0.15, 0.2) is 7.28 Å². The number of allylic oxidation sites excluding steroid dienone is 11. The number of anilines is 4. The summed E-state index contributed by atoms with van der Waals surface area (Å²) >= 11 is 0. The largest absolute Gasteiger partial charge is 0.388 e. The smallest absolute Gasteiger partial charge is 0.192 e. The number of benzene rings is 6. The van der Waals surface area contributed by atoms with E-state index >= 15 is 0 Å². The molecular weight excluding hydrogens is 1060 g/mol. The minimum atomic E-state index is -0.0610. The van der Waals surface area contributed by atoms with E-state index in [2.05, 4.69) is 298 Å². The second-order valence-electron chi connectivity index (χ2n) is 30.6. The Labute approximate surface area is 533 Å².